The molecule has 0 aliphatic heterocycles. The van der Waals surface area contributed by atoms with Crippen LogP contribution in [-0.2, 0) is 4.74 Å². The van der Waals surface area contributed by atoms with E-state index < -0.39 is 5.97 Å². The maximum atomic E-state index is 12.3. The Bertz CT molecular complexity index is 926. The molecule has 0 amide bonds. The summed E-state index contributed by atoms with van der Waals surface area (Å²) in [6.07, 6.45) is 0. The summed E-state index contributed by atoms with van der Waals surface area (Å²) in [4.78, 5) is 30.4. The van der Waals surface area contributed by atoms with Crippen LogP contribution in [0.15, 0.2) is 35.7 Å². The van der Waals surface area contributed by atoms with Crippen LogP contribution in [-0.4, -0.2) is 23.3 Å². The fraction of sp³-hybridized carbons (Fsp3) is 0.211. The molecule has 4 nitrogen and oxygen atoms in total. The van der Waals surface area contributed by atoms with Crippen LogP contribution >= 0.6 is 22.7 Å². The second-order valence-corrected chi connectivity index (χ2v) is 7.66. The smallest absolute Gasteiger partial charge is 0.350 e. The first-order chi connectivity index (χ1) is 12.0. The Morgan fingerprint density at radius 2 is 1.92 bits per heavy atom. The van der Waals surface area contributed by atoms with Gasteiger partial charge in [0.05, 0.1) is 10.6 Å². The molecule has 0 saturated carbocycles. The number of ether oxygens (including phenoxy) is 1. The minimum absolute atomic E-state index is 0.211. The number of hydrogen-bond donors (Lipinski definition) is 0. The number of ketones is 1. The third kappa shape index (κ3) is 3.86. The Balaban J connectivity index is 1.68. The molecular formula is C19H17NO3S2. The lowest BCUT2D eigenvalue weighted by molar-refractivity contribution is 0.0478. The van der Waals surface area contributed by atoms with Gasteiger partial charge in [-0.05, 0) is 49.4 Å². The van der Waals surface area contributed by atoms with Gasteiger partial charge in [0.1, 0.15) is 9.88 Å². The minimum atomic E-state index is -0.505. The predicted octanol–water partition coefficient (Wildman–Crippen LogP) is 4.84. The molecule has 0 N–H and O–H groups in total. The molecule has 0 aliphatic carbocycles. The van der Waals surface area contributed by atoms with Gasteiger partial charge in [0.25, 0.3) is 0 Å². The van der Waals surface area contributed by atoms with Crippen molar-refractivity contribution in [2.45, 2.75) is 20.8 Å². The van der Waals surface area contributed by atoms with Crippen molar-refractivity contribution in [1.29, 1.82) is 0 Å². The van der Waals surface area contributed by atoms with E-state index >= 15 is 0 Å². The highest BCUT2D eigenvalue weighted by Gasteiger charge is 2.19. The van der Waals surface area contributed by atoms with Crippen molar-refractivity contribution in [2.24, 2.45) is 0 Å². The van der Waals surface area contributed by atoms with E-state index in [0.717, 1.165) is 21.0 Å². The van der Waals surface area contributed by atoms with Crippen LogP contribution in [0.2, 0.25) is 0 Å². The Hall–Kier alpha value is -2.31. The maximum Gasteiger partial charge on any atom is 0.350 e. The van der Waals surface area contributed by atoms with Crippen molar-refractivity contribution in [3.05, 3.63) is 63.0 Å². The molecule has 2 heterocycles. The summed E-state index contributed by atoms with van der Waals surface area (Å²) >= 11 is 2.86. The normalized spacial score (nSPS) is 10.7. The molecule has 0 bridgehead atoms. The molecule has 0 radical (unpaired) electrons. The number of rotatable bonds is 5. The fourth-order valence-electron chi connectivity index (χ4n) is 2.29. The lowest BCUT2D eigenvalue weighted by Crippen LogP contribution is -2.14. The van der Waals surface area contributed by atoms with E-state index in [4.69, 9.17) is 4.74 Å². The van der Waals surface area contributed by atoms with Crippen LogP contribution in [0.4, 0.5) is 0 Å². The maximum absolute atomic E-state index is 12.3. The number of hydrogen-bond acceptors (Lipinski definition) is 6. The van der Waals surface area contributed by atoms with Crippen LogP contribution in [0.5, 0.6) is 0 Å². The number of benzene rings is 1. The van der Waals surface area contributed by atoms with Gasteiger partial charge in [0.15, 0.2) is 12.4 Å². The quantitative estimate of drug-likeness (QED) is 0.476. The first-order valence-electron chi connectivity index (χ1n) is 7.74. The van der Waals surface area contributed by atoms with Crippen molar-refractivity contribution in [3.63, 3.8) is 0 Å². The van der Waals surface area contributed by atoms with Crippen molar-refractivity contribution in [3.8, 4) is 9.88 Å². The first-order valence-corrected chi connectivity index (χ1v) is 9.44. The molecule has 3 rings (SSSR count). The number of aromatic nitrogens is 1. The average molecular weight is 371 g/mol. The fourth-order valence-corrected chi connectivity index (χ4v) is 4.04. The van der Waals surface area contributed by atoms with E-state index in [0.29, 0.717) is 16.1 Å². The molecule has 0 aliphatic rings. The molecule has 0 saturated heterocycles. The number of carbonyl (C=O) groups is 2. The summed E-state index contributed by atoms with van der Waals surface area (Å²) in [5.41, 5.74) is 3.33. The molecule has 0 fully saturated rings. The van der Waals surface area contributed by atoms with Crippen molar-refractivity contribution in [1.82, 2.24) is 4.98 Å². The topological polar surface area (TPSA) is 56.3 Å². The highest BCUT2D eigenvalue weighted by molar-refractivity contribution is 7.22. The summed E-state index contributed by atoms with van der Waals surface area (Å²) < 4.78 is 5.21. The Kier molecular flexibility index (Phi) is 5.11. The van der Waals surface area contributed by atoms with E-state index in [1.54, 1.807) is 24.3 Å². The lowest BCUT2D eigenvalue weighted by Gasteiger charge is -2.05. The van der Waals surface area contributed by atoms with E-state index in [9.17, 15) is 9.59 Å². The Morgan fingerprint density at radius 3 is 2.60 bits per heavy atom. The van der Waals surface area contributed by atoms with Crippen LogP contribution in [0, 0.1) is 20.8 Å². The van der Waals surface area contributed by atoms with Crippen LogP contribution in [0.1, 0.15) is 36.9 Å². The number of carbonyl (C=O) groups excluding carboxylic acids is 2. The van der Waals surface area contributed by atoms with Gasteiger partial charge in [0.2, 0.25) is 0 Å². The average Bonchev–Trinajstić information content (AvgIpc) is 3.24. The zero-order chi connectivity index (χ0) is 18.0. The minimum Gasteiger partial charge on any atom is -0.453 e. The van der Waals surface area contributed by atoms with E-state index in [2.05, 4.69) is 4.98 Å². The van der Waals surface area contributed by atoms with Gasteiger partial charge in [-0.25, -0.2) is 9.78 Å². The number of aryl methyl sites for hydroxylation is 3. The first kappa shape index (κ1) is 17.5. The van der Waals surface area contributed by atoms with Crippen LogP contribution < -0.4 is 0 Å². The zero-order valence-electron chi connectivity index (χ0n) is 14.2. The summed E-state index contributed by atoms with van der Waals surface area (Å²) in [5.74, 6) is -0.716. The van der Waals surface area contributed by atoms with Gasteiger partial charge in [-0.3, -0.25) is 4.79 Å². The molecule has 0 atom stereocenters. The van der Waals surface area contributed by atoms with E-state index in [1.165, 1.54) is 11.3 Å². The molecule has 3 aromatic rings. The van der Waals surface area contributed by atoms with Crippen molar-refractivity contribution < 1.29 is 14.3 Å². The highest BCUT2D eigenvalue weighted by atomic mass is 32.1. The number of thiophene rings is 1. The molecule has 25 heavy (non-hydrogen) atoms. The Morgan fingerprint density at radius 1 is 1.12 bits per heavy atom. The summed E-state index contributed by atoms with van der Waals surface area (Å²) in [6, 6.07) is 9.37. The molecule has 128 valence electrons. The second-order valence-electron chi connectivity index (χ2n) is 5.71. The van der Waals surface area contributed by atoms with Crippen molar-refractivity contribution in [2.75, 3.05) is 6.61 Å². The highest BCUT2D eigenvalue weighted by Crippen LogP contribution is 2.31. The Labute approximate surface area is 154 Å². The van der Waals surface area contributed by atoms with Gasteiger partial charge >= 0.3 is 5.97 Å². The van der Waals surface area contributed by atoms with E-state index in [1.807, 2.05) is 43.5 Å². The summed E-state index contributed by atoms with van der Waals surface area (Å²) in [7, 11) is 0. The monoisotopic (exact) mass is 371 g/mol. The number of esters is 1. The molecular weight excluding hydrogens is 354 g/mol. The largest absolute Gasteiger partial charge is 0.453 e. The van der Waals surface area contributed by atoms with Gasteiger partial charge in [-0.15, -0.1) is 22.7 Å². The van der Waals surface area contributed by atoms with Crippen LogP contribution in [0.25, 0.3) is 9.88 Å². The summed E-state index contributed by atoms with van der Waals surface area (Å²) in [6.45, 7) is 5.44. The van der Waals surface area contributed by atoms with E-state index in [-0.39, 0.29) is 12.4 Å². The standard InChI is InChI=1S/C19H17NO3S2/c1-11-6-7-14(9-12(11)2)15(21)10-23-19(22)17-13(3)20-18(25-17)16-5-4-8-24-16/h4-9H,10H2,1-3H3. The molecule has 2 aromatic heterocycles. The molecule has 0 spiro atoms. The van der Waals surface area contributed by atoms with Gasteiger partial charge < -0.3 is 4.74 Å². The number of thiazole rings is 1. The van der Waals surface area contributed by atoms with Gasteiger partial charge in [-0.1, -0.05) is 18.2 Å². The van der Waals surface area contributed by atoms with Gasteiger partial charge in [0, 0.05) is 5.56 Å². The second kappa shape index (κ2) is 7.29. The molecule has 0 unspecified atom stereocenters. The predicted molar refractivity (Wildman–Crippen MR) is 101 cm³/mol. The molecule has 1 aromatic carbocycles. The zero-order valence-corrected chi connectivity index (χ0v) is 15.8. The SMILES string of the molecule is Cc1ccc(C(=O)COC(=O)c2sc(-c3cccs3)nc2C)cc1C. The third-order valence-electron chi connectivity index (χ3n) is 3.88. The lowest BCUT2D eigenvalue weighted by atomic mass is 10.0. The molecule has 6 heteroatoms. The number of nitrogens with zero attached hydrogens (tertiary/aromatic N) is 1. The van der Waals surface area contributed by atoms with Crippen LogP contribution in [0.3, 0.4) is 0 Å². The van der Waals surface area contributed by atoms with Crippen molar-refractivity contribution >= 4 is 34.4 Å². The summed E-state index contributed by atoms with van der Waals surface area (Å²) in [5, 5.41) is 2.76. The third-order valence-corrected chi connectivity index (χ3v) is 6.05. The van der Waals surface area contributed by atoms with Gasteiger partial charge in [-0.2, -0.15) is 0 Å². The number of Topliss-reactive ketones (excluding diaryl/α,β-unsaturated/α-hetero) is 1.